The van der Waals surface area contributed by atoms with E-state index in [0.717, 1.165) is 37.8 Å². The molecule has 154 valence electrons. The fourth-order valence-electron chi connectivity index (χ4n) is 3.09. The predicted octanol–water partition coefficient (Wildman–Crippen LogP) is 5.89. The molecule has 0 atom stereocenters. The number of rotatable bonds is 7. The van der Waals surface area contributed by atoms with Crippen molar-refractivity contribution in [1.82, 2.24) is 0 Å². The van der Waals surface area contributed by atoms with E-state index in [9.17, 15) is 17.6 Å². The lowest BCUT2D eigenvalue weighted by Gasteiger charge is -2.18. The first-order valence-corrected chi connectivity index (χ1v) is 9.14. The minimum absolute atomic E-state index is 0.00821. The number of nitrogens with zero attached hydrogens (tertiary/aromatic N) is 1. The van der Waals surface area contributed by atoms with Crippen molar-refractivity contribution in [1.29, 1.82) is 0 Å². The van der Waals surface area contributed by atoms with Crippen LogP contribution >= 0.6 is 0 Å². The maximum Gasteiger partial charge on any atom is 0.387 e. The van der Waals surface area contributed by atoms with Crippen LogP contribution in [0.3, 0.4) is 0 Å². The van der Waals surface area contributed by atoms with E-state index in [0.29, 0.717) is 5.56 Å². The average molecular weight is 408 g/mol. The zero-order valence-electron chi connectivity index (χ0n) is 15.5. The van der Waals surface area contributed by atoms with Gasteiger partial charge in [-0.2, -0.15) is 8.78 Å². The van der Waals surface area contributed by atoms with E-state index in [1.165, 1.54) is 18.4 Å². The number of para-hydroxylation sites is 1. The number of allylic oxidation sites excluding steroid dienone is 1. The quantitative estimate of drug-likeness (QED) is 0.353. The second kappa shape index (κ2) is 9.45. The maximum absolute atomic E-state index is 13.3. The molecule has 0 heterocycles. The van der Waals surface area contributed by atoms with Gasteiger partial charge >= 0.3 is 6.61 Å². The standard InChI is InChI=1S/C21H20F4N2O2/c22-15-11-17(26)18(12-16(15)23)27-10-4-6-13-5-3-9-19(29-21(24)25)20(13)28-14-7-1-2-8-14/h3-6,9-12,14,21H,1-2,7-8,26H2/b6-4+,27-10?. The number of hydrogen-bond acceptors (Lipinski definition) is 4. The molecule has 29 heavy (non-hydrogen) atoms. The highest BCUT2D eigenvalue weighted by atomic mass is 19.3. The van der Waals surface area contributed by atoms with E-state index < -0.39 is 18.2 Å². The molecule has 1 saturated carbocycles. The van der Waals surface area contributed by atoms with Gasteiger partial charge in [-0.05, 0) is 43.9 Å². The topological polar surface area (TPSA) is 56.8 Å². The number of ether oxygens (including phenoxy) is 2. The van der Waals surface area contributed by atoms with Gasteiger partial charge in [0, 0.05) is 23.9 Å². The number of benzene rings is 2. The molecule has 1 fully saturated rings. The van der Waals surface area contributed by atoms with Crippen LogP contribution in [-0.4, -0.2) is 18.9 Å². The van der Waals surface area contributed by atoms with Gasteiger partial charge in [0.2, 0.25) is 0 Å². The Morgan fingerprint density at radius 3 is 2.55 bits per heavy atom. The summed E-state index contributed by atoms with van der Waals surface area (Å²) in [6.45, 7) is -2.97. The van der Waals surface area contributed by atoms with Crippen molar-refractivity contribution in [3.8, 4) is 11.5 Å². The molecule has 0 amide bonds. The Bertz CT molecular complexity index is 910. The summed E-state index contributed by atoms with van der Waals surface area (Å²) >= 11 is 0. The lowest BCUT2D eigenvalue weighted by Crippen LogP contribution is -2.13. The molecule has 8 heteroatoms. The Balaban J connectivity index is 1.82. The molecule has 2 N–H and O–H groups in total. The average Bonchev–Trinajstić information content (AvgIpc) is 3.17. The van der Waals surface area contributed by atoms with Gasteiger partial charge in [-0.25, -0.2) is 8.78 Å². The first-order valence-electron chi connectivity index (χ1n) is 9.14. The van der Waals surface area contributed by atoms with Crippen LogP contribution in [0.15, 0.2) is 41.4 Å². The Hall–Kier alpha value is -3.03. The normalized spacial score (nSPS) is 15.1. The molecule has 0 aromatic heterocycles. The summed E-state index contributed by atoms with van der Waals surface area (Å²) in [5, 5.41) is 0. The summed E-state index contributed by atoms with van der Waals surface area (Å²) in [6, 6.07) is 6.43. The maximum atomic E-state index is 13.3. The third-order valence-corrected chi connectivity index (χ3v) is 4.46. The molecule has 3 rings (SSSR count). The summed E-state index contributed by atoms with van der Waals surface area (Å²) in [5.74, 6) is -1.92. The van der Waals surface area contributed by atoms with Crippen LogP contribution in [0.5, 0.6) is 11.5 Å². The van der Waals surface area contributed by atoms with Crippen molar-refractivity contribution in [2.24, 2.45) is 4.99 Å². The van der Waals surface area contributed by atoms with Gasteiger partial charge in [0.1, 0.15) is 0 Å². The predicted molar refractivity (Wildman–Crippen MR) is 104 cm³/mol. The molecule has 2 aromatic carbocycles. The van der Waals surface area contributed by atoms with Crippen molar-refractivity contribution >= 4 is 23.7 Å². The Morgan fingerprint density at radius 1 is 1.10 bits per heavy atom. The van der Waals surface area contributed by atoms with E-state index in [1.807, 2.05) is 0 Å². The van der Waals surface area contributed by atoms with Gasteiger partial charge in [-0.3, -0.25) is 4.99 Å². The van der Waals surface area contributed by atoms with Gasteiger partial charge in [-0.1, -0.05) is 12.1 Å². The molecule has 0 unspecified atom stereocenters. The minimum Gasteiger partial charge on any atom is -0.486 e. The van der Waals surface area contributed by atoms with Crippen molar-refractivity contribution in [3.05, 3.63) is 53.6 Å². The monoisotopic (exact) mass is 408 g/mol. The number of nitrogens with two attached hydrogens (primary N) is 1. The van der Waals surface area contributed by atoms with Crippen molar-refractivity contribution in [3.63, 3.8) is 0 Å². The van der Waals surface area contributed by atoms with E-state index in [-0.39, 0.29) is 29.0 Å². The molecular formula is C21H20F4N2O2. The van der Waals surface area contributed by atoms with Gasteiger partial charge in [0.05, 0.1) is 17.5 Å². The molecule has 0 aliphatic heterocycles. The Labute approximate surface area is 165 Å². The van der Waals surface area contributed by atoms with E-state index in [2.05, 4.69) is 9.73 Å². The minimum atomic E-state index is -2.97. The van der Waals surface area contributed by atoms with Crippen LogP contribution in [0, 0.1) is 11.6 Å². The third kappa shape index (κ3) is 5.49. The summed E-state index contributed by atoms with van der Waals surface area (Å²) in [5.41, 5.74) is 6.21. The second-order valence-electron chi connectivity index (χ2n) is 6.54. The molecular weight excluding hydrogens is 388 g/mol. The zero-order valence-corrected chi connectivity index (χ0v) is 15.5. The first-order chi connectivity index (χ1) is 13.9. The SMILES string of the molecule is Nc1cc(F)c(F)cc1N=C/C=C/c1cccc(OC(F)F)c1OC1CCCC1. The van der Waals surface area contributed by atoms with E-state index in [1.54, 1.807) is 18.2 Å². The van der Waals surface area contributed by atoms with Crippen LogP contribution < -0.4 is 15.2 Å². The van der Waals surface area contributed by atoms with Crippen LogP contribution in [-0.2, 0) is 0 Å². The number of nitrogen functional groups attached to an aromatic ring is 1. The highest BCUT2D eigenvalue weighted by Crippen LogP contribution is 2.36. The van der Waals surface area contributed by atoms with E-state index in [4.69, 9.17) is 10.5 Å². The molecule has 1 aliphatic rings. The summed E-state index contributed by atoms with van der Waals surface area (Å²) in [7, 11) is 0. The number of aliphatic imine (C=N–C) groups is 1. The molecule has 4 nitrogen and oxygen atoms in total. The number of halogens is 4. The largest absolute Gasteiger partial charge is 0.486 e. The molecule has 0 saturated heterocycles. The molecule has 0 spiro atoms. The fraction of sp³-hybridized carbons (Fsp3) is 0.286. The van der Waals surface area contributed by atoms with Crippen LogP contribution in [0.2, 0.25) is 0 Å². The summed E-state index contributed by atoms with van der Waals surface area (Å²) in [4.78, 5) is 3.99. The second-order valence-corrected chi connectivity index (χ2v) is 6.54. The van der Waals surface area contributed by atoms with Crippen LogP contribution in [0.25, 0.3) is 6.08 Å². The number of alkyl halides is 2. The highest BCUT2D eigenvalue weighted by molar-refractivity contribution is 5.83. The van der Waals surface area contributed by atoms with Crippen molar-refractivity contribution in [2.45, 2.75) is 38.4 Å². The third-order valence-electron chi connectivity index (χ3n) is 4.46. The van der Waals surface area contributed by atoms with Gasteiger partial charge in [-0.15, -0.1) is 0 Å². The van der Waals surface area contributed by atoms with Gasteiger partial charge in [0.25, 0.3) is 0 Å². The lowest BCUT2D eigenvalue weighted by molar-refractivity contribution is -0.0520. The fourth-order valence-corrected chi connectivity index (χ4v) is 3.09. The van der Waals surface area contributed by atoms with Crippen LogP contribution in [0.4, 0.5) is 28.9 Å². The highest BCUT2D eigenvalue weighted by Gasteiger charge is 2.21. The van der Waals surface area contributed by atoms with Crippen molar-refractivity contribution in [2.75, 3.05) is 5.73 Å². The van der Waals surface area contributed by atoms with Crippen LogP contribution in [0.1, 0.15) is 31.2 Å². The molecule has 0 bridgehead atoms. The summed E-state index contributed by atoms with van der Waals surface area (Å²) in [6.07, 6.45) is 8.15. The first kappa shape index (κ1) is 20.7. The molecule has 2 aromatic rings. The number of anilines is 1. The van der Waals surface area contributed by atoms with Gasteiger partial charge < -0.3 is 15.2 Å². The van der Waals surface area contributed by atoms with Crippen molar-refractivity contribution < 1.29 is 27.0 Å². The summed E-state index contributed by atoms with van der Waals surface area (Å²) < 4.78 is 62.5. The molecule has 1 aliphatic carbocycles. The molecule has 0 radical (unpaired) electrons. The Kier molecular flexibility index (Phi) is 6.74. The van der Waals surface area contributed by atoms with E-state index >= 15 is 0 Å². The zero-order chi connectivity index (χ0) is 20.8. The van der Waals surface area contributed by atoms with Gasteiger partial charge in [0.15, 0.2) is 23.1 Å². The Morgan fingerprint density at radius 2 is 1.83 bits per heavy atom. The number of hydrogen-bond donors (Lipinski definition) is 1. The smallest absolute Gasteiger partial charge is 0.387 e. The lowest BCUT2D eigenvalue weighted by atomic mass is 10.1.